The average molecular weight is 270 g/mol. The first kappa shape index (κ1) is 16.0. The van der Waals surface area contributed by atoms with Crippen molar-refractivity contribution in [1.29, 1.82) is 0 Å². The Morgan fingerprint density at radius 2 is 1.63 bits per heavy atom. The molecule has 0 aliphatic carbocycles. The maximum absolute atomic E-state index is 12.6. The highest BCUT2D eigenvalue weighted by Crippen LogP contribution is 2.20. The summed E-state index contributed by atoms with van der Waals surface area (Å²) in [6.45, 7) is 7.47. The molecular formula is C14H26N2O3. The zero-order chi connectivity index (χ0) is 14.6. The van der Waals surface area contributed by atoms with E-state index in [1.807, 2.05) is 13.8 Å². The van der Waals surface area contributed by atoms with Gasteiger partial charge >= 0.3 is 5.97 Å². The summed E-state index contributed by atoms with van der Waals surface area (Å²) < 4.78 is 0. The van der Waals surface area contributed by atoms with Crippen LogP contribution in [0.5, 0.6) is 0 Å². The van der Waals surface area contributed by atoms with Gasteiger partial charge in [0.15, 0.2) is 0 Å². The Morgan fingerprint density at radius 1 is 1.11 bits per heavy atom. The third-order valence-corrected chi connectivity index (χ3v) is 3.95. The van der Waals surface area contributed by atoms with Crippen LogP contribution in [0.2, 0.25) is 0 Å². The summed E-state index contributed by atoms with van der Waals surface area (Å²) in [5.41, 5.74) is 0. The minimum atomic E-state index is -0.961. The largest absolute Gasteiger partial charge is 0.480 e. The lowest BCUT2D eigenvalue weighted by Crippen LogP contribution is -2.54. The number of carbonyl (C=O) groups is 2. The van der Waals surface area contributed by atoms with Gasteiger partial charge in [0.1, 0.15) is 6.04 Å². The van der Waals surface area contributed by atoms with E-state index < -0.39 is 12.0 Å². The molecule has 0 aromatic carbocycles. The Balaban J connectivity index is 2.80. The van der Waals surface area contributed by atoms with E-state index in [2.05, 4.69) is 4.90 Å². The van der Waals surface area contributed by atoms with Gasteiger partial charge in [-0.1, -0.05) is 20.3 Å². The van der Waals surface area contributed by atoms with Gasteiger partial charge < -0.3 is 10.0 Å². The van der Waals surface area contributed by atoms with Crippen molar-refractivity contribution in [2.75, 3.05) is 20.1 Å². The van der Waals surface area contributed by atoms with Gasteiger partial charge in [-0.25, -0.2) is 4.79 Å². The predicted molar refractivity (Wildman–Crippen MR) is 73.9 cm³/mol. The summed E-state index contributed by atoms with van der Waals surface area (Å²) in [7, 11) is 1.58. The molecular weight excluding hydrogens is 244 g/mol. The first-order valence-electron chi connectivity index (χ1n) is 7.09. The SMILES string of the molecule is CC(C)[C@@H](C(=O)N(C)[C@@H](C)C(=O)O)N1CCCCC1. The number of likely N-dealkylation sites (tertiary alicyclic amines) is 1. The number of piperidine rings is 1. The van der Waals surface area contributed by atoms with E-state index >= 15 is 0 Å². The molecule has 0 radical (unpaired) electrons. The van der Waals surface area contributed by atoms with Crippen molar-refractivity contribution < 1.29 is 14.7 Å². The standard InChI is InChI=1S/C14H26N2O3/c1-10(2)12(16-8-6-5-7-9-16)13(17)15(4)11(3)14(18)19/h10-12H,5-9H2,1-4H3,(H,18,19)/t11-,12-/m0/s1. The van der Waals surface area contributed by atoms with Gasteiger partial charge in [-0.15, -0.1) is 0 Å². The van der Waals surface area contributed by atoms with Crippen molar-refractivity contribution in [3.05, 3.63) is 0 Å². The molecule has 1 aliphatic heterocycles. The molecule has 110 valence electrons. The molecule has 1 amide bonds. The van der Waals surface area contributed by atoms with Crippen LogP contribution >= 0.6 is 0 Å². The molecule has 19 heavy (non-hydrogen) atoms. The van der Waals surface area contributed by atoms with Gasteiger partial charge in [0.2, 0.25) is 5.91 Å². The summed E-state index contributed by atoms with van der Waals surface area (Å²) in [6.07, 6.45) is 3.46. The van der Waals surface area contributed by atoms with Gasteiger partial charge in [0, 0.05) is 7.05 Å². The molecule has 1 N–H and O–H groups in total. The minimum Gasteiger partial charge on any atom is -0.480 e. The van der Waals surface area contributed by atoms with Gasteiger partial charge in [-0.2, -0.15) is 0 Å². The molecule has 1 fully saturated rings. The highest BCUT2D eigenvalue weighted by atomic mass is 16.4. The third kappa shape index (κ3) is 3.93. The molecule has 1 heterocycles. The van der Waals surface area contributed by atoms with Gasteiger partial charge in [0.05, 0.1) is 6.04 Å². The number of carboxylic acids is 1. The Morgan fingerprint density at radius 3 is 2.05 bits per heavy atom. The molecule has 1 aliphatic rings. The summed E-state index contributed by atoms with van der Waals surface area (Å²) in [4.78, 5) is 27.1. The molecule has 1 saturated heterocycles. The number of likely N-dealkylation sites (N-methyl/N-ethyl adjacent to an activating group) is 1. The van der Waals surface area contributed by atoms with Crippen molar-refractivity contribution in [3.63, 3.8) is 0 Å². The summed E-state index contributed by atoms with van der Waals surface area (Å²) in [5, 5.41) is 9.02. The van der Waals surface area contributed by atoms with E-state index in [-0.39, 0.29) is 17.9 Å². The van der Waals surface area contributed by atoms with Crippen LogP contribution in [0.25, 0.3) is 0 Å². The highest BCUT2D eigenvalue weighted by molar-refractivity contribution is 5.86. The highest BCUT2D eigenvalue weighted by Gasteiger charge is 2.34. The number of amides is 1. The fraction of sp³-hybridized carbons (Fsp3) is 0.857. The van der Waals surface area contributed by atoms with Gasteiger partial charge in [-0.3, -0.25) is 9.69 Å². The van der Waals surface area contributed by atoms with Crippen LogP contribution in [0.4, 0.5) is 0 Å². The quantitative estimate of drug-likeness (QED) is 0.821. The lowest BCUT2D eigenvalue weighted by molar-refractivity contribution is -0.151. The van der Waals surface area contributed by atoms with E-state index in [4.69, 9.17) is 5.11 Å². The fourth-order valence-corrected chi connectivity index (χ4v) is 2.62. The maximum atomic E-state index is 12.6. The van der Waals surface area contributed by atoms with Crippen LogP contribution in [-0.4, -0.2) is 59.0 Å². The molecule has 0 aromatic rings. The van der Waals surface area contributed by atoms with E-state index in [9.17, 15) is 9.59 Å². The summed E-state index contributed by atoms with van der Waals surface area (Å²) in [5.74, 6) is -0.849. The van der Waals surface area contributed by atoms with E-state index in [0.717, 1.165) is 25.9 Å². The van der Waals surface area contributed by atoms with Crippen LogP contribution in [-0.2, 0) is 9.59 Å². The Hall–Kier alpha value is -1.10. The Labute approximate surface area is 115 Å². The third-order valence-electron chi connectivity index (χ3n) is 3.95. The van der Waals surface area contributed by atoms with Crippen molar-refractivity contribution in [2.24, 2.45) is 5.92 Å². The molecule has 5 nitrogen and oxygen atoms in total. The number of carboxylic acid groups (broad SMARTS) is 1. The number of aliphatic carboxylic acids is 1. The maximum Gasteiger partial charge on any atom is 0.326 e. The average Bonchev–Trinajstić information content (AvgIpc) is 2.37. The summed E-state index contributed by atoms with van der Waals surface area (Å²) >= 11 is 0. The first-order chi connectivity index (χ1) is 8.86. The Kier molecular flexibility index (Phi) is 5.79. The molecule has 1 rings (SSSR count). The van der Waals surface area contributed by atoms with Crippen LogP contribution in [0.3, 0.4) is 0 Å². The molecule has 0 bridgehead atoms. The van der Waals surface area contributed by atoms with E-state index in [1.54, 1.807) is 14.0 Å². The zero-order valence-electron chi connectivity index (χ0n) is 12.4. The monoisotopic (exact) mass is 270 g/mol. The minimum absolute atomic E-state index is 0.0770. The molecule has 2 atom stereocenters. The van der Waals surface area contributed by atoms with Crippen LogP contribution in [0.15, 0.2) is 0 Å². The van der Waals surface area contributed by atoms with Crippen molar-refractivity contribution in [1.82, 2.24) is 9.80 Å². The number of rotatable bonds is 5. The molecule has 0 aromatic heterocycles. The number of hydrogen-bond acceptors (Lipinski definition) is 3. The fourth-order valence-electron chi connectivity index (χ4n) is 2.62. The topological polar surface area (TPSA) is 60.9 Å². The van der Waals surface area contributed by atoms with E-state index in [1.165, 1.54) is 11.3 Å². The Bertz CT molecular complexity index is 325. The second-order valence-electron chi connectivity index (χ2n) is 5.75. The van der Waals surface area contributed by atoms with E-state index in [0.29, 0.717) is 0 Å². The molecule has 5 heteroatoms. The molecule has 0 unspecified atom stereocenters. The normalized spacial score (nSPS) is 20.1. The molecule has 0 saturated carbocycles. The lowest BCUT2D eigenvalue weighted by atomic mass is 9.97. The van der Waals surface area contributed by atoms with Crippen molar-refractivity contribution in [2.45, 2.75) is 52.1 Å². The van der Waals surface area contributed by atoms with Crippen molar-refractivity contribution >= 4 is 11.9 Å². The molecule has 0 spiro atoms. The van der Waals surface area contributed by atoms with Crippen LogP contribution in [0, 0.1) is 5.92 Å². The number of nitrogens with zero attached hydrogens (tertiary/aromatic N) is 2. The number of carbonyl (C=O) groups excluding carboxylic acids is 1. The predicted octanol–water partition coefficient (Wildman–Crippen LogP) is 1.43. The summed E-state index contributed by atoms with van der Waals surface area (Å²) in [6, 6.07) is -0.981. The second-order valence-corrected chi connectivity index (χ2v) is 5.75. The zero-order valence-corrected chi connectivity index (χ0v) is 12.4. The smallest absolute Gasteiger partial charge is 0.326 e. The van der Waals surface area contributed by atoms with Gasteiger partial charge in [-0.05, 0) is 38.8 Å². The van der Waals surface area contributed by atoms with Crippen molar-refractivity contribution in [3.8, 4) is 0 Å². The first-order valence-corrected chi connectivity index (χ1v) is 7.09. The second kappa shape index (κ2) is 6.89. The lowest BCUT2D eigenvalue weighted by Gasteiger charge is -2.38. The van der Waals surface area contributed by atoms with Gasteiger partial charge in [0.25, 0.3) is 0 Å². The van der Waals surface area contributed by atoms with Crippen LogP contribution in [0.1, 0.15) is 40.0 Å². The number of hydrogen-bond donors (Lipinski definition) is 1. The van der Waals surface area contributed by atoms with Crippen LogP contribution < -0.4 is 0 Å².